The van der Waals surface area contributed by atoms with Crippen LogP contribution in [0, 0.1) is 11.8 Å². The van der Waals surface area contributed by atoms with Crippen LogP contribution in [0.25, 0.3) is 0 Å². The number of anilines is 1. The van der Waals surface area contributed by atoms with Crippen molar-refractivity contribution in [3.63, 3.8) is 0 Å². The molecule has 43 heavy (non-hydrogen) atoms. The zero-order valence-electron chi connectivity index (χ0n) is 24.3. The summed E-state index contributed by atoms with van der Waals surface area (Å²) in [6.07, 6.45) is 8.94. The van der Waals surface area contributed by atoms with Gasteiger partial charge in [0.15, 0.2) is 0 Å². The zero-order valence-corrected chi connectivity index (χ0v) is 25.8. The van der Waals surface area contributed by atoms with Gasteiger partial charge in [-0.15, -0.1) is 0 Å². The molecular formula is C33H38Cl2N4O4. The average molecular weight is 626 g/mol. The Morgan fingerprint density at radius 1 is 1.05 bits per heavy atom. The number of ether oxygens (including phenoxy) is 1. The third-order valence-corrected chi connectivity index (χ3v) is 9.68. The summed E-state index contributed by atoms with van der Waals surface area (Å²) in [5.74, 6) is -2.37. The van der Waals surface area contributed by atoms with Gasteiger partial charge in [0.25, 0.3) is 0 Å². The lowest BCUT2D eigenvalue weighted by molar-refractivity contribution is -0.141. The third kappa shape index (κ3) is 6.07. The molecule has 6 rings (SSSR count). The van der Waals surface area contributed by atoms with E-state index in [-0.39, 0.29) is 23.8 Å². The van der Waals surface area contributed by atoms with Crippen LogP contribution in [0.1, 0.15) is 44.1 Å². The fraction of sp³-hybridized carbons (Fsp3) is 0.485. The highest BCUT2D eigenvalue weighted by atomic mass is 35.5. The van der Waals surface area contributed by atoms with Crippen LogP contribution in [0.2, 0.25) is 10.0 Å². The fourth-order valence-electron chi connectivity index (χ4n) is 7.37. The lowest BCUT2D eigenvalue weighted by atomic mass is 9.74. The van der Waals surface area contributed by atoms with Crippen LogP contribution >= 0.6 is 23.2 Å². The molecule has 1 aliphatic carbocycles. The normalized spacial score (nSPS) is 28.0. The maximum absolute atomic E-state index is 14.2. The highest BCUT2D eigenvalue weighted by Gasteiger charge is 2.72. The first-order chi connectivity index (χ1) is 20.7. The molecule has 2 saturated heterocycles. The van der Waals surface area contributed by atoms with E-state index < -0.39 is 29.6 Å². The molecular weight excluding hydrogens is 587 g/mol. The summed E-state index contributed by atoms with van der Waals surface area (Å²) in [6, 6.07) is 14.3. The van der Waals surface area contributed by atoms with Crippen molar-refractivity contribution in [2.75, 3.05) is 25.5 Å². The molecule has 2 aromatic rings. The zero-order chi connectivity index (χ0) is 30.1. The standard InChI is InChI=1S/C33H38Cl2N4O4/c1-38(20-21-9-4-2-5-10-21)15-8-16-39-29(31(41)36-24-11-6-3-7-12-24)33-14-13-26(43-33)27(28(33)32(39)42)30(40)37-25-18-22(34)17-23(35)19-25/h2,4-5,9-10,13-14,17-19,24,26-29H,3,6-8,11-12,15-16,20H2,1H3,(H,36,41)(H,37,40). The fourth-order valence-corrected chi connectivity index (χ4v) is 7.90. The van der Waals surface area contributed by atoms with E-state index in [2.05, 4.69) is 34.7 Å². The maximum atomic E-state index is 14.2. The minimum absolute atomic E-state index is 0.0833. The first kappa shape index (κ1) is 30.1. The molecule has 0 radical (unpaired) electrons. The van der Waals surface area contributed by atoms with E-state index in [9.17, 15) is 14.4 Å². The van der Waals surface area contributed by atoms with E-state index in [0.29, 0.717) is 28.7 Å². The Kier molecular flexibility index (Phi) is 8.83. The third-order valence-electron chi connectivity index (χ3n) is 9.24. The molecule has 2 aromatic carbocycles. The molecule has 10 heteroatoms. The van der Waals surface area contributed by atoms with Gasteiger partial charge in [0, 0.05) is 34.9 Å². The van der Waals surface area contributed by atoms with Crippen molar-refractivity contribution < 1.29 is 19.1 Å². The average Bonchev–Trinajstić information content (AvgIpc) is 3.61. The number of likely N-dealkylation sites (tertiary alicyclic amines) is 1. The Morgan fingerprint density at radius 2 is 1.77 bits per heavy atom. The number of amides is 3. The number of carbonyl (C=O) groups is 3. The summed E-state index contributed by atoms with van der Waals surface area (Å²) in [6.45, 7) is 1.92. The van der Waals surface area contributed by atoms with Crippen molar-refractivity contribution in [1.82, 2.24) is 15.1 Å². The summed E-state index contributed by atoms with van der Waals surface area (Å²) in [4.78, 5) is 45.8. The number of benzene rings is 2. The van der Waals surface area contributed by atoms with Gasteiger partial charge >= 0.3 is 0 Å². The first-order valence-corrected chi connectivity index (χ1v) is 16.0. The van der Waals surface area contributed by atoms with Crippen LogP contribution < -0.4 is 10.6 Å². The molecule has 228 valence electrons. The second kappa shape index (κ2) is 12.6. The lowest BCUT2D eigenvalue weighted by Crippen LogP contribution is -2.56. The number of hydrogen-bond donors (Lipinski definition) is 2. The minimum Gasteiger partial charge on any atom is -0.359 e. The van der Waals surface area contributed by atoms with Gasteiger partial charge in [-0.25, -0.2) is 0 Å². The Labute approximate surface area is 262 Å². The van der Waals surface area contributed by atoms with E-state index in [4.69, 9.17) is 27.9 Å². The molecule has 3 fully saturated rings. The summed E-state index contributed by atoms with van der Waals surface area (Å²) < 4.78 is 6.47. The van der Waals surface area contributed by atoms with Gasteiger partial charge in [-0.05, 0) is 56.6 Å². The highest BCUT2D eigenvalue weighted by Crippen LogP contribution is 2.55. The lowest BCUT2D eigenvalue weighted by Gasteiger charge is -2.34. The van der Waals surface area contributed by atoms with Gasteiger partial charge in [-0.3, -0.25) is 14.4 Å². The molecule has 3 heterocycles. The molecule has 8 nitrogen and oxygen atoms in total. The summed E-state index contributed by atoms with van der Waals surface area (Å²) in [7, 11) is 2.05. The van der Waals surface area contributed by atoms with E-state index in [1.54, 1.807) is 23.1 Å². The highest BCUT2D eigenvalue weighted by molar-refractivity contribution is 6.35. The Hall–Kier alpha value is -2.91. The molecule has 5 atom stereocenters. The summed E-state index contributed by atoms with van der Waals surface area (Å²) >= 11 is 12.3. The van der Waals surface area contributed by atoms with Gasteiger partial charge in [0.2, 0.25) is 17.7 Å². The Morgan fingerprint density at radius 3 is 2.49 bits per heavy atom. The number of carbonyl (C=O) groups excluding carboxylic acids is 3. The Bertz CT molecular complexity index is 1380. The van der Waals surface area contributed by atoms with Gasteiger partial charge in [0.1, 0.15) is 11.6 Å². The second-order valence-electron chi connectivity index (χ2n) is 12.3. The van der Waals surface area contributed by atoms with Crippen LogP contribution in [0.5, 0.6) is 0 Å². The van der Waals surface area contributed by atoms with Crippen LogP contribution in [-0.4, -0.2) is 71.4 Å². The topological polar surface area (TPSA) is 91.0 Å². The van der Waals surface area contributed by atoms with Crippen LogP contribution in [0.15, 0.2) is 60.7 Å². The summed E-state index contributed by atoms with van der Waals surface area (Å²) in [5, 5.41) is 6.91. The van der Waals surface area contributed by atoms with E-state index >= 15 is 0 Å². The first-order valence-electron chi connectivity index (χ1n) is 15.2. The molecule has 2 bridgehead atoms. The molecule has 3 amide bonds. The number of hydrogen-bond acceptors (Lipinski definition) is 5. The molecule has 1 spiro atoms. The van der Waals surface area contributed by atoms with Crippen molar-refractivity contribution in [3.05, 3.63) is 76.3 Å². The number of fused-ring (bicyclic) bond motifs is 1. The molecule has 0 aromatic heterocycles. The van der Waals surface area contributed by atoms with Gasteiger partial charge in [-0.2, -0.15) is 0 Å². The summed E-state index contributed by atoms with van der Waals surface area (Å²) in [5.41, 5.74) is 0.467. The second-order valence-corrected chi connectivity index (χ2v) is 13.2. The van der Waals surface area contributed by atoms with Gasteiger partial charge in [0.05, 0.1) is 17.9 Å². The monoisotopic (exact) mass is 624 g/mol. The van der Waals surface area contributed by atoms with Crippen LogP contribution in [0.3, 0.4) is 0 Å². The van der Waals surface area contributed by atoms with Gasteiger partial charge in [-0.1, -0.05) is 84.9 Å². The Balaban J connectivity index is 1.22. The van der Waals surface area contributed by atoms with Crippen molar-refractivity contribution >= 4 is 46.6 Å². The number of nitrogens with one attached hydrogen (secondary N) is 2. The molecule has 1 saturated carbocycles. The maximum Gasteiger partial charge on any atom is 0.246 e. The molecule has 3 aliphatic heterocycles. The SMILES string of the molecule is CN(CCCN1C(=O)C2C(C(=O)Nc3cc(Cl)cc(Cl)c3)C3C=CC2(O3)C1C(=O)NC1CCCCC1)Cc1ccccc1. The van der Waals surface area contributed by atoms with Crippen molar-refractivity contribution in [2.24, 2.45) is 11.8 Å². The smallest absolute Gasteiger partial charge is 0.246 e. The van der Waals surface area contributed by atoms with Crippen LogP contribution in [0.4, 0.5) is 5.69 Å². The van der Waals surface area contributed by atoms with Crippen molar-refractivity contribution in [1.29, 1.82) is 0 Å². The number of nitrogens with zero attached hydrogens (tertiary/aromatic N) is 2. The minimum atomic E-state index is -1.19. The number of halogens is 2. The largest absolute Gasteiger partial charge is 0.359 e. The van der Waals surface area contributed by atoms with Crippen LogP contribution in [-0.2, 0) is 25.7 Å². The predicted molar refractivity (Wildman–Crippen MR) is 167 cm³/mol. The predicted octanol–water partition coefficient (Wildman–Crippen LogP) is 5.05. The molecule has 4 aliphatic rings. The molecule has 2 N–H and O–H groups in total. The number of rotatable bonds is 10. The molecule has 5 unspecified atom stereocenters. The van der Waals surface area contributed by atoms with E-state index in [0.717, 1.165) is 38.8 Å². The van der Waals surface area contributed by atoms with Crippen molar-refractivity contribution in [3.8, 4) is 0 Å². The van der Waals surface area contributed by atoms with Gasteiger partial charge < -0.3 is 25.2 Å². The quantitative estimate of drug-likeness (QED) is 0.361. The van der Waals surface area contributed by atoms with Crippen molar-refractivity contribution in [2.45, 2.75) is 68.9 Å². The van der Waals surface area contributed by atoms with E-state index in [1.165, 1.54) is 12.0 Å². The van der Waals surface area contributed by atoms with E-state index in [1.807, 2.05) is 30.4 Å².